The van der Waals surface area contributed by atoms with Crippen LogP contribution in [0.1, 0.15) is 17.3 Å². The summed E-state index contributed by atoms with van der Waals surface area (Å²) in [5.74, 6) is -0.301. The summed E-state index contributed by atoms with van der Waals surface area (Å²) in [5.41, 5.74) is 0.936. The Bertz CT molecular complexity index is 689. The predicted octanol–water partition coefficient (Wildman–Crippen LogP) is 2.96. The number of benzene rings is 1. The minimum atomic E-state index is -0.395. The van der Waals surface area contributed by atoms with E-state index < -0.39 is 5.97 Å². The molecule has 0 atom stereocenters. The third-order valence-corrected chi connectivity index (χ3v) is 3.12. The molecule has 1 heterocycles. The normalized spacial score (nSPS) is 10.0. The average molecular weight is 334 g/mol. The number of nitrogens with zero attached hydrogens (tertiary/aromatic N) is 1. The summed E-state index contributed by atoms with van der Waals surface area (Å²) in [6.45, 7) is 2.01. The van der Waals surface area contributed by atoms with Crippen molar-refractivity contribution in [1.29, 1.82) is 0 Å². The van der Waals surface area contributed by atoms with E-state index in [1.54, 1.807) is 49.5 Å². The van der Waals surface area contributed by atoms with E-state index in [2.05, 4.69) is 15.6 Å². The highest BCUT2D eigenvalue weighted by atomic mass is 35.5. The van der Waals surface area contributed by atoms with Crippen molar-refractivity contribution in [2.75, 3.05) is 23.8 Å². The Kier molecular flexibility index (Phi) is 5.94. The Morgan fingerprint density at radius 1 is 1.22 bits per heavy atom. The Balaban J connectivity index is 2.06. The topological polar surface area (TPSA) is 80.3 Å². The summed E-state index contributed by atoms with van der Waals surface area (Å²) in [6, 6.07) is 9.90. The second-order valence-corrected chi connectivity index (χ2v) is 4.96. The van der Waals surface area contributed by atoms with Gasteiger partial charge in [-0.1, -0.05) is 11.6 Å². The fourth-order valence-electron chi connectivity index (χ4n) is 1.81. The van der Waals surface area contributed by atoms with Gasteiger partial charge in [-0.05, 0) is 43.3 Å². The van der Waals surface area contributed by atoms with Gasteiger partial charge >= 0.3 is 5.97 Å². The molecule has 7 heteroatoms. The quantitative estimate of drug-likeness (QED) is 0.794. The number of carbonyl (C=O) groups is 2. The molecule has 0 aliphatic rings. The van der Waals surface area contributed by atoms with Gasteiger partial charge in [-0.3, -0.25) is 9.59 Å². The van der Waals surface area contributed by atoms with Crippen LogP contribution >= 0.6 is 11.6 Å². The number of amides is 1. The number of hydrogen-bond donors (Lipinski definition) is 2. The lowest BCUT2D eigenvalue weighted by Crippen LogP contribution is -2.19. The second-order valence-electron chi connectivity index (χ2n) is 4.52. The van der Waals surface area contributed by atoms with Crippen LogP contribution in [0.4, 0.5) is 11.5 Å². The number of rotatable bonds is 6. The molecule has 6 nitrogen and oxygen atoms in total. The van der Waals surface area contributed by atoms with Gasteiger partial charge in [-0.25, -0.2) is 4.98 Å². The van der Waals surface area contributed by atoms with Crippen LogP contribution in [-0.2, 0) is 9.53 Å². The summed E-state index contributed by atoms with van der Waals surface area (Å²) in [4.78, 5) is 27.7. The highest BCUT2D eigenvalue weighted by molar-refractivity contribution is 6.30. The first-order valence-corrected chi connectivity index (χ1v) is 7.39. The Morgan fingerprint density at radius 3 is 2.65 bits per heavy atom. The zero-order valence-corrected chi connectivity index (χ0v) is 13.3. The first-order valence-electron chi connectivity index (χ1n) is 7.01. The van der Waals surface area contributed by atoms with Gasteiger partial charge < -0.3 is 15.4 Å². The molecule has 0 bridgehead atoms. The van der Waals surface area contributed by atoms with Crippen LogP contribution < -0.4 is 10.6 Å². The second kappa shape index (κ2) is 8.14. The molecule has 0 saturated carbocycles. The fourth-order valence-corrected chi connectivity index (χ4v) is 1.94. The van der Waals surface area contributed by atoms with E-state index >= 15 is 0 Å². The number of nitrogens with one attached hydrogen (secondary N) is 2. The van der Waals surface area contributed by atoms with Gasteiger partial charge in [0.1, 0.15) is 12.4 Å². The minimum absolute atomic E-state index is 0.0331. The number of aromatic nitrogens is 1. The van der Waals surface area contributed by atoms with Crippen LogP contribution in [0.3, 0.4) is 0 Å². The fraction of sp³-hybridized carbons (Fsp3) is 0.188. The highest BCUT2D eigenvalue weighted by Gasteiger charge is 2.11. The first-order chi connectivity index (χ1) is 11.1. The number of anilines is 2. The highest BCUT2D eigenvalue weighted by Crippen LogP contribution is 2.19. The maximum Gasteiger partial charge on any atom is 0.325 e. The summed E-state index contributed by atoms with van der Waals surface area (Å²) >= 11 is 5.80. The van der Waals surface area contributed by atoms with Gasteiger partial charge in [-0.15, -0.1) is 0 Å². The van der Waals surface area contributed by atoms with Crippen LogP contribution in [-0.4, -0.2) is 30.0 Å². The van der Waals surface area contributed by atoms with Crippen molar-refractivity contribution in [2.24, 2.45) is 0 Å². The smallest absolute Gasteiger partial charge is 0.325 e. The summed E-state index contributed by atoms with van der Waals surface area (Å²) in [7, 11) is 0. The number of carbonyl (C=O) groups excluding carboxylic acids is 2. The third-order valence-electron chi connectivity index (χ3n) is 2.87. The Morgan fingerprint density at radius 2 is 1.96 bits per heavy atom. The molecule has 0 unspecified atom stereocenters. The van der Waals surface area contributed by atoms with E-state index in [0.717, 1.165) is 0 Å². The van der Waals surface area contributed by atoms with Gasteiger partial charge in [0.25, 0.3) is 5.91 Å². The first kappa shape index (κ1) is 16.8. The van der Waals surface area contributed by atoms with E-state index in [1.807, 2.05) is 0 Å². The molecule has 1 aromatic heterocycles. The molecular formula is C16H16ClN3O3. The van der Waals surface area contributed by atoms with Gasteiger partial charge in [0, 0.05) is 16.8 Å². The molecule has 0 aliphatic heterocycles. The zero-order valence-electron chi connectivity index (χ0n) is 12.5. The van der Waals surface area contributed by atoms with Crippen molar-refractivity contribution in [2.45, 2.75) is 6.92 Å². The van der Waals surface area contributed by atoms with E-state index in [0.29, 0.717) is 28.7 Å². The third kappa shape index (κ3) is 4.96. The number of halogens is 1. The number of ether oxygens (including phenoxy) is 1. The van der Waals surface area contributed by atoms with E-state index in [4.69, 9.17) is 16.3 Å². The molecule has 1 amide bonds. The van der Waals surface area contributed by atoms with Crippen molar-refractivity contribution in [3.8, 4) is 0 Å². The minimum Gasteiger partial charge on any atom is -0.465 e. The van der Waals surface area contributed by atoms with Crippen molar-refractivity contribution in [3.05, 3.63) is 53.2 Å². The molecule has 0 radical (unpaired) electrons. The van der Waals surface area contributed by atoms with Gasteiger partial charge in [0.15, 0.2) is 0 Å². The molecule has 0 spiro atoms. The largest absolute Gasteiger partial charge is 0.465 e. The van der Waals surface area contributed by atoms with Crippen LogP contribution in [0, 0.1) is 0 Å². The Labute approximate surface area is 138 Å². The monoisotopic (exact) mass is 333 g/mol. The summed E-state index contributed by atoms with van der Waals surface area (Å²) in [6.07, 6.45) is 1.56. The predicted molar refractivity (Wildman–Crippen MR) is 88.8 cm³/mol. The lowest BCUT2D eigenvalue weighted by molar-refractivity contribution is -0.140. The SMILES string of the molecule is CCOC(=O)CNc1ncccc1NC(=O)c1ccc(Cl)cc1. The molecule has 2 aromatic rings. The summed E-state index contributed by atoms with van der Waals surface area (Å²) < 4.78 is 4.84. The molecule has 2 rings (SSSR count). The number of pyridine rings is 1. The van der Waals surface area contributed by atoms with Crippen LogP contribution in [0.25, 0.3) is 0 Å². The summed E-state index contributed by atoms with van der Waals surface area (Å²) in [5, 5.41) is 6.14. The van der Waals surface area contributed by atoms with Crippen LogP contribution in [0.5, 0.6) is 0 Å². The van der Waals surface area contributed by atoms with Crippen molar-refractivity contribution in [3.63, 3.8) is 0 Å². The molecule has 0 aliphatic carbocycles. The lowest BCUT2D eigenvalue weighted by atomic mass is 10.2. The van der Waals surface area contributed by atoms with E-state index in [1.165, 1.54) is 0 Å². The number of esters is 1. The Hall–Kier alpha value is -2.60. The average Bonchev–Trinajstić information content (AvgIpc) is 2.55. The van der Waals surface area contributed by atoms with Crippen molar-refractivity contribution < 1.29 is 14.3 Å². The van der Waals surface area contributed by atoms with E-state index in [-0.39, 0.29) is 12.5 Å². The maximum absolute atomic E-state index is 12.2. The van der Waals surface area contributed by atoms with Gasteiger partial charge in [-0.2, -0.15) is 0 Å². The van der Waals surface area contributed by atoms with Crippen molar-refractivity contribution in [1.82, 2.24) is 4.98 Å². The lowest BCUT2D eigenvalue weighted by Gasteiger charge is -2.11. The van der Waals surface area contributed by atoms with Gasteiger partial charge in [0.05, 0.1) is 12.3 Å². The van der Waals surface area contributed by atoms with Gasteiger partial charge in [0.2, 0.25) is 0 Å². The molecule has 23 heavy (non-hydrogen) atoms. The molecule has 0 fully saturated rings. The van der Waals surface area contributed by atoms with Crippen LogP contribution in [0.15, 0.2) is 42.6 Å². The van der Waals surface area contributed by atoms with E-state index in [9.17, 15) is 9.59 Å². The maximum atomic E-state index is 12.2. The standard InChI is InChI=1S/C16H16ClN3O3/c1-2-23-14(21)10-19-15-13(4-3-9-18-15)20-16(22)11-5-7-12(17)8-6-11/h3-9H,2,10H2,1H3,(H,18,19)(H,20,22). The molecule has 0 saturated heterocycles. The van der Waals surface area contributed by atoms with Crippen LogP contribution in [0.2, 0.25) is 5.02 Å². The molecule has 2 N–H and O–H groups in total. The molecule has 120 valence electrons. The molecular weight excluding hydrogens is 318 g/mol. The number of hydrogen-bond acceptors (Lipinski definition) is 5. The zero-order chi connectivity index (χ0) is 16.7. The van der Waals surface area contributed by atoms with Crippen molar-refractivity contribution >= 4 is 35.0 Å². The molecule has 1 aromatic carbocycles.